The summed E-state index contributed by atoms with van der Waals surface area (Å²) in [6.45, 7) is 3.09. The second-order valence-electron chi connectivity index (χ2n) is 5.27. The standard InChI is InChI=1S/3C6H5.C3H5NO.Sn.H/c3*1-2-4-6-5-3-1;1-2-3(4)5;;/h3*1-5H;2H,1H2,(H2,4,5);;. The van der Waals surface area contributed by atoms with Crippen LogP contribution in [0.5, 0.6) is 0 Å². The van der Waals surface area contributed by atoms with Crippen LogP contribution in [0.1, 0.15) is 0 Å². The molecule has 0 fully saturated rings. The molecule has 0 aliphatic rings. The fourth-order valence-corrected chi connectivity index (χ4v) is 11.0. The fourth-order valence-electron chi connectivity index (χ4n) is 2.51. The van der Waals surface area contributed by atoms with Gasteiger partial charge in [0.15, 0.2) is 0 Å². The summed E-state index contributed by atoms with van der Waals surface area (Å²) in [5.41, 5.74) is 4.53. The maximum atomic E-state index is 9.47. The Bertz CT molecular complexity index is 664. The van der Waals surface area contributed by atoms with Gasteiger partial charge in [-0.2, -0.15) is 0 Å². The SMILES string of the molecule is C=CC(N)=O.c1cc[c]([SnH]([c]2ccccc2)[c]2ccccc2)cc1. The second-order valence-corrected chi connectivity index (χ2v) is 13.5. The minimum atomic E-state index is -2.14. The summed E-state index contributed by atoms with van der Waals surface area (Å²) < 4.78 is 4.63. The molecule has 0 aliphatic heterocycles. The first-order chi connectivity index (χ1) is 11.7. The monoisotopic (exact) mass is 423 g/mol. The van der Waals surface area contributed by atoms with Crippen LogP contribution in [-0.4, -0.2) is 25.7 Å². The van der Waals surface area contributed by atoms with E-state index in [1.165, 1.54) is 0 Å². The number of carbonyl (C=O) groups is 1. The molecular formula is C21H21NOSn. The molecule has 0 radical (unpaired) electrons. The minimum absolute atomic E-state index is 0.481. The predicted molar refractivity (Wildman–Crippen MR) is 105 cm³/mol. The molecule has 2 nitrogen and oxygen atoms in total. The normalized spacial score (nSPS) is 9.71. The third kappa shape index (κ3) is 5.39. The number of carbonyl (C=O) groups excluding carboxylic acids is 1. The Balaban J connectivity index is 0.000000368. The molecule has 0 heterocycles. The zero-order valence-corrected chi connectivity index (χ0v) is 16.8. The molecule has 3 aromatic carbocycles. The molecule has 3 aromatic rings. The average molecular weight is 422 g/mol. The number of benzene rings is 3. The molecule has 0 bridgehead atoms. The number of amides is 1. The van der Waals surface area contributed by atoms with Gasteiger partial charge in [0.1, 0.15) is 0 Å². The van der Waals surface area contributed by atoms with Crippen LogP contribution in [0.3, 0.4) is 0 Å². The van der Waals surface area contributed by atoms with E-state index in [4.69, 9.17) is 0 Å². The van der Waals surface area contributed by atoms with Crippen molar-refractivity contribution in [2.24, 2.45) is 5.73 Å². The van der Waals surface area contributed by atoms with E-state index < -0.39 is 25.7 Å². The number of rotatable bonds is 4. The van der Waals surface area contributed by atoms with E-state index in [1.807, 2.05) is 0 Å². The zero-order chi connectivity index (χ0) is 17.2. The molecule has 0 atom stereocenters. The summed E-state index contributed by atoms with van der Waals surface area (Å²) in [6.07, 6.45) is 1.06. The van der Waals surface area contributed by atoms with Crippen LogP contribution in [0.4, 0.5) is 0 Å². The van der Waals surface area contributed by atoms with Crippen molar-refractivity contribution in [3.63, 3.8) is 0 Å². The molecule has 3 rings (SSSR count). The summed E-state index contributed by atoms with van der Waals surface area (Å²) in [6, 6.07) is 33.0. The van der Waals surface area contributed by atoms with Crippen molar-refractivity contribution >= 4 is 36.4 Å². The first-order valence-electron chi connectivity index (χ1n) is 7.79. The van der Waals surface area contributed by atoms with Crippen molar-refractivity contribution in [3.8, 4) is 0 Å². The van der Waals surface area contributed by atoms with Crippen molar-refractivity contribution in [1.82, 2.24) is 0 Å². The summed E-state index contributed by atoms with van der Waals surface area (Å²) in [7, 11) is 0. The molecule has 0 saturated carbocycles. The fraction of sp³-hybridized carbons (Fsp3) is 0. The van der Waals surface area contributed by atoms with Crippen LogP contribution in [0.2, 0.25) is 0 Å². The molecular weight excluding hydrogens is 401 g/mol. The van der Waals surface area contributed by atoms with Crippen LogP contribution >= 0.6 is 0 Å². The van der Waals surface area contributed by atoms with E-state index in [0.717, 1.165) is 6.08 Å². The van der Waals surface area contributed by atoms with Gasteiger partial charge in [0, 0.05) is 0 Å². The molecule has 0 saturated heterocycles. The topological polar surface area (TPSA) is 43.1 Å². The number of hydrogen-bond donors (Lipinski definition) is 1. The summed E-state index contributed by atoms with van der Waals surface area (Å²) in [5, 5.41) is 0. The van der Waals surface area contributed by atoms with Gasteiger partial charge < -0.3 is 5.73 Å². The Morgan fingerprint density at radius 2 is 0.958 bits per heavy atom. The van der Waals surface area contributed by atoms with Crippen molar-refractivity contribution in [2.45, 2.75) is 0 Å². The molecule has 2 N–H and O–H groups in total. The summed E-state index contributed by atoms with van der Waals surface area (Å²) in [5.74, 6) is -0.481. The first kappa shape index (κ1) is 18.0. The van der Waals surface area contributed by atoms with E-state index in [2.05, 4.69) is 103 Å². The van der Waals surface area contributed by atoms with Crippen LogP contribution in [-0.2, 0) is 4.79 Å². The van der Waals surface area contributed by atoms with Crippen molar-refractivity contribution in [2.75, 3.05) is 0 Å². The van der Waals surface area contributed by atoms with Gasteiger partial charge in [-0.25, -0.2) is 0 Å². The Labute approximate surface area is 150 Å². The quantitative estimate of drug-likeness (QED) is 0.504. The second kappa shape index (κ2) is 9.73. The third-order valence-corrected chi connectivity index (χ3v) is 12.6. The number of nitrogens with two attached hydrogens (primary N) is 1. The van der Waals surface area contributed by atoms with E-state index in [-0.39, 0.29) is 0 Å². The van der Waals surface area contributed by atoms with Gasteiger partial charge in [-0.3, -0.25) is 4.79 Å². The first-order valence-corrected chi connectivity index (χ1v) is 12.7. The van der Waals surface area contributed by atoms with Crippen molar-refractivity contribution in [1.29, 1.82) is 0 Å². The van der Waals surface area contributed by atoms with Gasteiger partial charge in [-0.15, -0.1) is 0 Å². The summed E-state index contributed by atoms with van der Waals surface area (Å²) >= 11 is -2.14. The molecule has 24 heavy (non-hydrogen) atoms. The van der Waals surface area contributed by atoms with E-state index in [9.17, 15) is 4.79 Å². The van der Waals surface area contributed by atoms with Gasteiger partial charge >= 0.3 is 121 Å². The molecule has 1 amide bonds. The maximum absolute atomic E-state index is 9.47. The van der Waals surface area contributed by atoms with Crippen LogP contribution < -0.4 is 16.5 Å². The summed E-state index contributed by atoms with van der Waals surface area (Å²) in [4.78, 5) is 9.47. The Morgan fingerprint density at radius 1 is 0.708 bits per heavy atom. The molecule has 3 heteroatoms. The molecule has 0 aliphatic carbocycles. The third-order valence-electron chi connectivity index (χ3n) is 3.60. The van der Waals surface area contributed by atoms with Gasteiger partial charge in [0.2, 0.25) is 5.91 Å². The Morgan fingerprint density at radius 3 is 1.17 bits per heavy atom. The van der Waals surface area contributed by atoms with Gasteiger partial charge in [0.05, 0.1) is 0 Å². The molecule has 0 unspecified atom stereocenters. The van der Waals surface area contributed by atoms with Crippen molar-refractivity contribution in [3.05, 3.63) is 104 Å². The van der Waals surface area contributed by atoms with E-state index in [0.29, 0.717) is 0 Å². The van der Waals surface area contributed by atoms with E-state index in [1.54, 1.807) is 10.7 Å². The zero-order valence-electron chi connectivity index (χ0n) is 13.5. The number of primary amides is 1. The van der Waals surface area contributed by atoms with Crippen LogP contribution in [0, 0.1) is 0 Å². The van der Waals surface area contributed by atoms with Gasteiger partial charge in [-0.05, 0) is 6.08 Å². The molecule has 0 spiro atoms. The van der Waals surface area contributed by atoms with Crippen LogP contribution in [0.25, 0.3) is 0 Å². The van der Waals surface area contributed by atoms with E-state index >= 15 is 0 Å². The van der Waals surface area contributed by atoms with Crippen molar-refractivity contribution < 1.29 is 4.79 Å². The van der Waals surface area contributed by atoms with Crippen LogP contribution in [0.15, 0.2) is 104 Å². The Hall–Kier alpha value is -2.33. The molecule has 0 aromatic heterocycles. The average Bonchev–Trinajstić information content (AvgIpc) is 2.65. The predicted octanol–water partition coefficient (Wildman–Crippen LogP) is 1.59. The number of hydrogen-bond acceptors (Lipinski definition) is 1. The van der Waals surface area contributed by atoms with Gasteiger partial charge in [-0.1, -0.05) is 6.58 Å². The molecule has 120 valence electrons. The Kier molecular flexibility index (Phi) is 7.30. The van der Waals surface area contributed by atoms with Gasteiger partial charge in [0.25, 0.3) is 0 Å².